The monoisotopic (exact) mass is 353 g/mol. The molecule has 2 aromatic carbocycles. The molecule has 26 heavy (non-hydrogen) atoms. The van der Waals surface area contributed by atoms with Gasteiger partial charge in [0.25, 0.3) is 5.91 Å². The summed E-state index contributed by atoms with van der Waals surface area (Å²) in [4.78, 5) is 18.8. The van der Waals surface area contributed by atoms with E-state index in [2.05, 4.69) is 10.1 Å². The number of phenolic OH excluding ortho intramolecular Hbond substituents is 1. The Kier molecular flexibility index (Phi) is 4.12. The fourth-order valence-corrected chi connectivity index (χ4v) is 3.19. The molecule has 1 aromatic heterocycles. The zero-order valence-corrected chi connectivity index (χ0v) is 13.8. The van der Waals surface area contributed by atoms with Gasteiger partial charge >= 0.3 is 0 Å². The fraction of sp³-hybridized carbons (Fsp3) is 0.211. The normalized spacial score (nSPS) is 16.8. The van der Waals surface area contributed by atoms with Crippen LogP contribution < -0.4 is 0 Å². The largest absolute Gasteiger partial charge is 0.507 e. The van der Waals surface area contributed by atoms with Gasteiger partial charge in [0.1, 0.15) is 17.6 Å². The van der Waals surface area contributed by atoms with Gasteiger partial charge in [-0.2, -0.15) is 4.98 Å². The van der Waals surface area contributed by atoms with Gasteiger partial charge in [-0.15, -0.1) is 0 Å². The van der Waals surface area contributed by atoms with Crippen LogP contribution in [0, 0.1) is 5.82 Å². The van der Waals surface area contributed by atoms with Crippen LogP contribution >= 0.6 is 0 Å². The van der Waals surface area contributed by atoms with Crippen molar-refractivity contribution in [1.82, 2.24) is 15.0 Å². The lowest BCUT2D eigenvalue weighted by Gasteiger charge is -2.22. The van der Waals surface area contributed by atoms with Gasteiger partial charge in [-0.25, -0.2) is 4.39 Å². The molecule has 132 valence electrons. The molecule has 1 fully saturated rings. The average molecular weight is 353 g/mol. The van der Waals surface area contributed by atoms with Crippen molar-refractivity contribution >= 4 is 5.91 Å². The third-order valence-electron chi connectivity index (χ3n) is 4.46. The van der Waals surface area contributed by atoms with Crippen LogP contribution in [-0.4, -0.2) is 32.6 Å². The Labute approximate surface area is 148 Å². The summed E-state index contributed by atoms with van der Waals surface area (Å²) in [7, 11) is 0. The van der Waals surface area contributed by atoms with Gasteiger partial charge < -0.3 is 14.5 Å². The topological polar surface area (TPSA) is 79.5 Å². The van der Waals surface area contributed by atoms with Gasteiger partial charge in [-0.3, -0.25) is 4.79 Å². The number of rotatable bonds is 3. The number of phenols is 1. The number of aromatic hydroxyl groups is 1. The average Bonchev–Trinajstić information content (AvgIpc) is 3.31. The van der Waals surface area contributed by atoms with E-state index in [-0.39, 0.29) is 34.9 Å². The molecule has 1 N–H and O–H groups in total. The van der Waals surface area contributed by atoms with E-state index in [0.29, 0.717) is 24.4 Å². The zero-order valence-electron chi connectivity index (χ0n) is 13.8. The van der Waals surface area contributed by atoms with Gasteiger partial charge in [-0.05, 0) is 37.1 Å². The molecule has 7 heteroatoms. The molecule has 1 atom stereocenters. The third-order valence-corrected chi connectivity index (χ3v) is 4.46. The highest BCUT2D eigenvalue weighted by molar-refractivity contribution is 5.97. The Hall–Kier alpha value is -3.22. The molecule has 4 rings (SSSR count). The first-order valence-electron chi connectivity index (χ1n) is 8.32. The molecule has 0 unspecified atom stereocenters. The Bertz CT molecular complexity index is 956. The summed E-state index contributed by atoms with van der Waals surface area (Å²) in [6.07, 6.45) is 1.48. The second-order valence-electron chi connectivity index (χ2n) is 6.14. The van der Waals surface area contributed by atoms with Crippen molar-refractivity contribution in [2.75, 3.05) is 6.54 Å². The lowest BCUT2D eigenvalue weighted by molar-refractivity contribution is 0.0707. The van der Waals surface area contributed by atoms with Crippen LogP contribution in [-0.2, 0) is 0 Å². The van der Waals surface area contributed by atoms with E-state index in [1.165, 1.54) is 18.2 Å². The Morgan fingerprint density at radius 2 is 2.08 bits per heavy atom. The maximum Gasteiger partial charge on any atom is 0.258 e. The minimum atomic E-state index is -0.383. The quantitative estimate of drug-likeness (QED) is 0.779. The maximum atomic E-state index is 13.4. The number of hydrogen-bond donors (Lipinski definition) is 1. The molecule has 1 saturated heterocycles. The molecule has 1 aliphatic rings. The number of likely N-dealkylation sites (tertiary alicyclic amines) is 1. The van der Waals surface area contributed by atoms with Gasteiger partial charge in [0.15, 0.2) is 0 Å². The van der Waals surface area contributed by atoms with Crippen molar-refractivity contribution in [1.29, 1.82) is 0 Å². The number of nitrogens with zero attached hydrogens (tertiary/aromatic N) is 3. The number of para-hydroxylation sites is 1. The predicted octanol–water partition coefficient (Wildman–Crippen LogP) is 3.56. The van der Waals surface area contributed by atoms with Gasteiger partial charge in [0, 0.05) is 12.1 Å². The van der Waals surface area contributed by atoms with E-state index in [1.54, 1.807) is 35.2 Å². The van der Waals surface area contributed by atoms with Crippen molar-refractivity contribution in [2.24, 2.45) is 0 Å². The van der Waals surface area contributed by atoms with Gasteiger partial charge in [0.05, 0.1) is 5.56 Å². The molecular weight excluding hydrogens is 337 g/mol. The number of carbonyl (C=O) groups excluding carboxylic acids is 1. The Morgan fingerprint density at radius 3 is 2.88 bits per heavy atom. The zero-order chi connectivity index (χ0) is 18.1. The smallest absolute Gasteiger partial charge is 0.258 e. The number of amides is 1. The van der Waals surface area contributed by atoms with E-state index in [1.807, 2.05) is 0 Å². The minimum Gasteiger partial charge on any atom is -0.507 e. The summed E-state index contributed by atoms with van der Waals surface area (Å²) >= 11 is 0. The van der Waals surface area contributed by atoms with Crippen LogP contribution in [0.2, 0.25) is 0 Å². The third kappa shape index (κ3) is 2.92. The summed E-state index contributed by atoms with van der Waals surface area (Å²) in [5, 5.41) is 13.9. The number of carbonyl (C=O) groups is 1. The van der Waals surface area contributed by atoms with Crippen LogP contribution in [0.5, 0.6) is 5.75 Å². The predicted molar refractivity (Wildman–Crippen MR) is 90.8 cm³/mol. The van der Waals surface area contributed by atoms with Crippen molar-refractivity contribution in [3.8, 4) is 17.1 Å². The Morgan fingerprint density at radius 1 is 1.23 bits per heavy atom. The SMILES string of the molecule is O=C(c1ccccc1O)N1CCC[C@@H]1c1nc(-c2cccc(F)c2)no1. The summed E-state index contributed by atoms with van der Waals surface area (Å²) in [6, 6.07) is 12.0. The van der Waals surface area contributed by atoms with Crippen LogP contribution in [0.3, 0.4) is 0 Å². The second-order valence-corrected chi connectivity index (χ2v) is 6.14. The van der Waals surface area contributed by atoms with Crippen LogP contribution in [0.4, 0.5) is 4.39 Å². The highest BCUT2D eigenvalue weighted by Gasteiger charge is 2.35. The molecule has 1 amide bonds. The number of aromatic nitrogens is 2. The van der Waals surface area contributed by atoms with Crippen molar-refractivity contribution < 1.29 is 18.8 Å². The van der Waals surface area contributed by atoms with Crippen LogP contribution in [0.15, 0.2) is 53.1 Å². The molecule has 3 aromatic rings. The first-order chi connectivity index (χ1) is 12.6. The first kappa shape index (κ1) is 16.3. The second kappa shape index (κ2) is 6.59. The maximum absolute atomic E-state index is 13.4. The lowest BCUT2D eigenvalue weighted by atomic mass is 10.1. The number of benzene rings is 2. The standard InChI is InChI=1S/C19H16FN3O3/c20-13-6-3-5-12(11-13)17-21-18(26-22-17)15-8-4-10-23(15)19(25)14-7-1-2-9-16(14)24/h1-3,5-7,9,11,15,24H,4,8,10H2/t15-/m1/s1. The molecule has 6 nitrogen and oxygen atoms in total. The first-order valence-corrected chi connectivity index (χ1v) is 8.32. The summed E-state index contributed by atoms with van der Waals surface area (Å²) in [5.74, 6) is -0.136. The minimum absolute atomic E-state index is 0.0610. The number of hydrogen-bond acceptors (Lipinski definition) is 5. The lowest BCUT2D eigenvalue weighted by Crippen LogP contribution is -2.30. The molecule has 2 heterocycles. The van der Waals surface area contributed by atoms with Crippen LogP contribution in [0.1, 0.15) is 35.1 Å². The van der Waals surface area contributed by atoms with Crippen molar-refractivity contribution in [2.45, 2.75) is 18.9 Å². The van der Waals surface area contributed by atoms with Crippen LogP contribution in [0.25, 0.3) is 11.4 Å². The van der Waals surface area contributed by atoms with E-state index in [0.717, 1.165) is 6.42 Å². The highest BCUT2D eigenvalue weighted by Crippen LogP contribution is 2.34. The molecule has 0 saturated carbocycles. The molecule has 1 aliphatic heterocycles. The van der Waals surface area contributed by atoms with Crippen molar-refractivity contribution in [3.63, 3.8) is 0 Å². The molecule has 0 bridgehead atoms. The van der Waals surface area contributed by atoms with Crippen molar-refractivity contribution in [3.05, 3.63) is 65.8 Å². The molecular formula is C19H16FN3O3. The van der Waals surface area contributed by atoms with Gasteiger partial charge in [-0.1, -0.05) is 29.4 Å². The highest BCUT2D eigenvalue weighted by atomic mass is 19.1. The molecule has 0 radical (unpaired) electrons. The van der Waals surface area contributed by atoms with Gasteiger partial charge in [0.2, 0.25) is 11.7 Å². The van der Waals surface area contributed by atoms with E-state index in [4.69, 9.17) is 4.52 Å². The van der Waals surface area contributed by atoms with E-state index < -0.39 is 0 Å². The van der Waals surface area contributed by atoms with E-state index in [9.17, 15) is 14.3 Å². The molecule has 0 spiro atoms. The summed E-state index contributed by atoms with van der Waals surface area (Å²) in [6.45, 7) is 0.537. The molecule has 0 aliphatic carbocycles. The summed E-state index contributed by atoms with van der Waals surface area (Å²) < 4.78 is 18.7. The Balaban J connectivity index is 1.61. The van der Waals surface area contributed by atoms with E-state index >= 15 is 0 Å². The number of halogens is 1. The summed E-state index contributed by atoms with van der Waals surface area (Å²) in [5.41, 5.74) is 0.751. The fourth-order valence-electron chi connectivity index (χ4n) is 3.19.